The van der Waals surface area contributed by atoms with Crippen molar-refractivity contribution in [3.8, 4) is 0 Å². The second kappa shape index (κ2) is 10.4. The number of anilines is 3. The summed E-state index contributed by atoms with van der Waals surface area (Å²) < 4.78 is 5.83. The molecular weight excluding hydrogens is 490 g/mol. The minimum atomic E-state index is 0.0137. The van der Waals surface area contributed by atoms with Crippen LogP contribution in [0, 0.1) is 5.92 Å². The lowest BCUT2D eigenvalue weighted by atomic mass is 9.86. The summed E-state index contributed by atoms with van der Waals surface area (Å²) >= 11 is 3.39. The van der Waals surface area contributed by atoms with E-state index in [1.807, 2.05) is 31.9 Å². The molecule has 3 atom stereocenters. The average Bonchev–Trinajstić information content (AvgIpc) is 3.26. The summed E-state index contributed by atoms with van der Waals surface area (Å²) in [6, 6.07) is 4.24. The van der Waals surface area contributed by atoms with Gasteiger partial charge in [-0.25, -0.2) is 9.97 Å². The largest absolute Gasteiger partial charge is 0.388 e. The van der Waals surface area contributed by atoms with Crippen molar-refractivity contribution in [1.82, 2.24) is 14.9 Å². The van der Waals surface area contributed by atoms with Crippen LogP contribution in [0.15, 0.2) is 29.9 Å². The summed E-state index contributed by atoms with van der Waals surface area (Å²) in [4.78, 5) is 28.0. The van der Waals surface area contributed by atoms with Crippen LogP contribution in [-0.2, 0) is 22.4 Å². The van der Waals surface area contributed by atoms with E-state index in [4.69, 9.17) is 4.74 Å². The second-order valence-corrected chi connectivity index (χ2v) is 11.5. The molecule has 7 nitrogen and oxygen atoms in total. The van der Waals surface area contributed by atoms with Gasteiger partial charge >= 0.3 is 0 Å². The minimum Gasteiger partial charge on any atom is -0.388 e. The van der Waals surface area contributed by atoms with E-state index in [1.54, 1.807) is 29.4 Å². The molecule has 2 N–H and O–H groups in total. The zero-order valence-electron chi connectivity index (χ0n) is 21.3. The van der Waals surface area contributed by atoms with Crippen molar-refractivity contribution in [2.75, 3.05) is 37.0 Å². The maximum atomic E-state index is 13.4. The molecule has 9 heteroatoms. The minimum absolute atomic E-state index is 0.0137. The number of hydrogen-bond donors (Lipinski definition) is 2. The Morgan fingerprint density at radius 1 is 1.25 bits per heavy atom. The Bertz CT molecular complexity index is 1300. The number of thiophene rings is 1. The number of nitrogens with zero attached hydrogens (tertiary/aromatic N) is 3. The Balaban J connectivity index is 1.44. The number of aryl methyl sites for hydroxylation is 1. The fraction of sp³-hybridized carbons (Fsp3) is 0.444. The van der Waals surface area contributed by atoms with Gasteiger partial charge in [0.25, 0.3) is 0 Å². The van der Waals surface area contributed by atoms with Crippen molar-refractivity contribution < 1.29 is 9.53 Å². The van der Waals surface area contributed by atoms with E-state index >= 15 is 0 Å². The molecule has 1 aliphatic carbocycles. The molecule has 3 heterocycles. The zero-order chi connectivity index (χ0) is 25.4. The maximum absolute atomic E-state index is 13.4. The van der Waals surface area contributed by atoms with E-state index in [2.05, 4.69) is 45.6 Å². The molecule has 2 aromatic heterocycles. The predicted molar refractivity (Wildman–Crippen MR) is 151 cm³/mol. The van der Waals surface area contributed by atoms with Crippen molar-refractivity contribution in [3.05, 3.63) is 41.0 Å². The van der Waals surface area contributed by atoms with Gasteiger partial charge in [-0.3, -0.25) is 4.79 Å². The van der Waals surface area contributed by atoms with Crippen LogP contribution in [0.1, 0.15) is 36.3 Å². The quantitative estimate of drug-likeness (QED) is 0.408. The fourth-order valence-electron chi connectivity index (χ4n) is 5.41. The zero-order valence-corrected chi connectivity index (χ0v) is 22.9. The van der Waals surface area contributed by atoms with Crippen LogP contribution >= 0.6 is 23.1 Å². The smallest absolute Gasteiger partial charge is 0.226 e. The molecule has 36 heavy (non-hydrogen) atoms. The molecule has 2 aliphatic rings. The molecule has 0 spiro atoms. The summed E-state index contributed by atoms with van der Waals surface area (Å²) in [6.45, 7) is 9.41. The number of nitrogens with one attached hydrogen (secondary N) is 2. The van der Waals surface area contributed by atoms with E-state index in [-0.39, 0.29) is 24.0 Å². The van der Waals surface area contributed by atoms with Crippen molar-refractivity contribution in [2.45, 2.75) is 50.2 Å². The number of ether oxygens (including phenoxy) is 1. The van der Waals surface area contributed by atoms with E-state index in [0.717, 1.165) is 57.1 Å². The van der Waals surface area contributed by atoms with Gasteiger partial charge < -0.3 is 20.3 Å². The number of amides is 1. The fourth-order valence-corrected chi connectivity index (χ4v) is 7.24. The van der Waals surface area contributed by atoms with Gasteiger partial charge in [-0.1, -0.05) is 12.7 Å². The molecular formula is C27H33N5O2S2. The highest BCUT2D eigenvalue weighted by Crippen LogP contribution is 2.42. The highest BCUT2D eigenvalue weighted by atomic mass is 32.2. The Morgan fingerprint density at radius 2 is 2.03 bits per heavy atom. The standard InChI is InChI=1S/C27H33N5O2S2/c1-6-17-9-21(23(35-5)11-20(17)28-4)31-25-24-19-8-7-18(10-22(19)36-26(24)30-14-29-25)27(33)32-12-15(2)34-16(3)13-32/h6,9,11,14-16,18,28H,1,7-8,10,12-13H2,2-5H3,(H,29,30,31). The number of morpholine rings is 1. The molecule has 3 aromatic rings. The lowest BCUT2D eigenvalue weighted by Gasteiger charge is -2.37. The predicted octanol–water partition coefficient (Wildman–Crippen LogP) is 5.58. The van der Waals surface area contributed by atoms with Gasteiger partial charge in [0.1, 0.15) is 17.0 Å². The Hall–Kier alpha value is -2.62. The first-order chi connectivity index (χ1) is 17.4. The topological polar surface area (TPSA) is 79.4 Å². The highest BCUT2D eigenvalue weighted by Gasteiger charge is 2.34. The van der Waals surface area contributed by atoms with Crippen LogP contribution in [0.2, 0.25) is 0 Å². The number of carbonyl (C=O) groups is 1. The van der Waals surface area contributed by atoms with Crippen LogP contribution in [-0.4, -0.2) is 59.4 Å². The molecule has 1 aliphatic heterocycles. The van der Waals surface area contributed by atoms with E-state index in [1.165, 1.54) is 10.4 Å². The van der Waals surface area contributed by atoms with Gasteiger partial charge in [0, 0.05) is 41.5 Å². The number of aromatic nitrogens is 2. The lowest BCUT2D eigenvalue weighted by Crippen LogP contribution is -2.50. The number of benzene rings is 1. The molecule has 3 unspecified atom stereocenters. The summed E-state index contributed by atoms with van der Waals surface area (Å²) in [7, 11) is 1.92. The third-order valence-electron chi connectivity index (χ3n) is 7.04. The molecule has 1 fully saturated rings. The molecule has 1 aromatic carbocycles. The van der Waals surface area contributed by atoms with Crippen molar-refractivity contribution in [3.63, 3.8) is 0 Å². The van der Waals surface area contributed by atoms with Gasteiger partial charge in [0.15, 0.2) is 0 Å². The van der Waals surface area contributed by atoms with Crippen LogP contribution < -0.4 is 10.6 Å². The van der Waals surface area contributed by atoms with Crippen molar-refractivity contribution >= 4 is 62.5 Å². The van der Waals surface area contributed by atoms with Gasteiger partial charge in [-0.15, -0.1) is 23.1 Å². The first-order valence-corrected chi connectivity index (χ1v) is 14.4. The molecule has 1 amide bonds. The Labute approximate surface area is 220 Å². The third kappa shape index (κ3) is 4.71. The van der Waals surface area contributed by atoms with Crippen LogP contribution in [0.5, 0.6) is 0 Å². The van der Waals surface area contributed by atoms with E-state index in [0.29, 0.717) is 13.1 Å². The molecule has 0 radical (unpaired) electrons. The number of fused-ring (bicyclic) bond motifs is 3. The van der Waals surface area contributed by atoms with Gasteiger partial charge in [0.2, 0.25) is 5.91 Å². The number of hydrogen-bond acceptors (Lipinski definition) is 8. The van der Waals surface area contributed by atoms with Crippen LogP contribution in [0.25, 0.3) is 16.3 Å². The van der Waals surface area contributed by atoms with Crippen molar-refractivity contribution in [1.29, 1.82) is 0 Å². The Morgan fingerprint density at radius 3 is 2.72 bits per heavy atom. The summed E-state index contributed by atoms with van der Waals surface area (Å²) in [5.41, 5.74) is 4.35. The van der Waals surface area contributed by atoms with Gasteiger partial charge in [-0.05, 0) is 62.6 Å². The van der Waals surface area contributed by atoms with E-state index in [9.17, 15) is 4.79 Å². The molecule has 1 saturated heterocycles. The van der Waals surface area contributed by atoms with Crippen LogP contribution in [0.4, 0.5) is 17.2 Å². The average molecular weight is 524 g/mol. The molecule has 0 saturated carbocycles. The number of rotatable bonds is 6. The maximum Gasteiger partial charge on any atom is 0.226 e. The highest BCUT2D eigenvalue weighted by molar-refractivity contribution is 7.98. The van der Waals surface area contributed by atoms with E-state index < -0.39 is 0 Å². The summed E-state index contributed by atoms with van der Waals surface area (Å²) in [5, 5.41) is 7.93. The molecule has 190 valence electrons. The normalized spacial score (nSPS) is 21.8. The first kappa shape index (κ1) is 25.0. The molecule has 5 rings (SSSR count). The summed E-state index contributed by atoms with van der Waals surface area (Å²) in [5.74, 6) is 1.09. The summed E-state index contributed by atoms with van der Waals surface area (Å²) in [6.07, 6.45) is 8.19. The lowest BCUT2D eigenvalue weighted by molar-refractivity contribution is -0.147. The first-order valence-electron chi connectivity index (χ1n) is 12.4. The second-order valence-electron chi connectivity index (χ2n) is 9.57. The van der Waals surface area contributed by atoms with Crippen LogP contribution in [0.3, 0.4) is 0 Å². The Kier molecular flexibility index (Phi) is 7.23. The van der Waals surface area contributed by atoms with Gasteiger partial charge in [-0.2, -0.15) is 0 Å². The third-order valence-corrected chi connectivity index (χ3v) is 8.98. The monoisotopic (exact) mass is 523 g/mol. The number of thioether (sulfide) groups is 1. The molecule has 0 bridgehead atoms. The van der Waals surface area contributed by atoms with Gasteiger partial charge in [0.05, 0.1) is 23.3 Å². The van der Waals surface area contributed by atoms with Crippen molar-refractivity contribution in [2.24, 2.45) is 5.92 Å². The number of carbonyl (C=O) groups excluding carboxylic acids is 1. The SMILES string of the molecule is C=Cc1cc(Nc2ncnc3sc4c(c23)CCC(C(=O)N2CC(C)OC(C)C2)C4)c(SC)cc1NC.